The average Bonchev–Trinajstić information content (AvgIpc) is 2.54. The van der Waals surface area contributed by atoms with E-state index in [9.17, 15) is 13.2 Å². The fourth-order valence-corrected chi connectivity index (χ4v) is 3.58. The van der Waals surface area contributed by atoms with Crippen molar-refractivity contribution in [2.45, 2.75) is 11.1 Å². The van der Waals surface area contributed by atoms with Crippen LogP contribution in [0.2, 0.25) is 0 Å². The molecule has 4 nitrogen and oxygen atoms in total. The number of carbonyl (C=O) groups is 1. The second-order valence-corrected chi connectivity index (χ2v) is 6.16. The molecule has 1 atom stereocenters. The van der Waals surface area contributed by atoms with Crippen LogP contribution in [0.3, 0.4) is 0 Å². The van der Waals surface area contributed by atoms with E-state index in [4.69, 9.17) is 5.11 Å². The summed E-state index contributed by atoms with van der Waals surface area (Å²) < 4.78 is 23.3. The fourth-order valence-electron chi connectivity index (χ4n) is 0.923. The zero-order valence-corrected chi connectivity index (χ0v) is 9.14. The Balaban J connectivity index is 2.84. The van der Waals surface area contributed by atoms with Crippen molar-refractivity contribution in [2.75, 3.05) is 5.75 Å². The molecule has 1 unspecified atom stereocenters. The van der Waals surface area contributed by atoms with E-state index in [1.54, 1.807) is 11.4 Å². The summed E-state index contributed by atoms with van der Waals surface area (Å²) in [5, 5.41) is 10.2. The van der Waals surface area contributed by atoms with Gasteiger partial charge in [0.25, 0.3) is 0 Å². The molecule has 0 fully saturated rings. The van der Waals surface area contributed by atoms with Crippen LogP contribution in [0.25, 0.3) is 0 Å². The van der Waals surface area contributed by atoms with Gasteiger partial charge in [0, 0.05) is 0 Å². The van der Waals surface area contributed by atoms with E-state index >= 15 is 0 Å². The lowest BCUT2D eigenvalue weighted by molar-refractivity contribution is -0.140. The maximum atomic E-state index is 11.6. The lowest BCUT2D eigenvalue weighted by Gasteiger charge is -2.05. The minimum atomic E-state index is -3.42. The maximum Gasteiger partial charge on any atom is 0.307 e. The van der Waals surface area contributed by atoms with Crippen LogP contribution in [0.1, 0.15) is 6.92 Å². The SMILES string of the molecule is CC(CS(=O)(=O)c1cccs1)C(=O)O. The first-order valence-electron chi connectivity index (χ1n) is 3.92. The summed E-state index contributed by atoms with van der Waals surface area (Å²) in [5.41, 5.74) is 0. The van der Waals surface area contributed by atoms with Crippen molar-refractivity contribution in [3.63, 3.8) is 0 Å². The van der Waals surface area contributed by atoms with Gasteiger partial charge in [-0.05, 0) is 11.4 Å². The standard InChI is InChI=1S/C8H10O4S2/c1-6(8(9)10)5-14(11,12)7-3-2-4-13-7/h2-4,6H,5H2,1H3,(H,9,10). The molecular weight excluding hydrogens is 224 g/mol. The van der Waals surface area contributed by atoms with Crippen molar-refractivity contribution >= 4 is 27.1 Å². The van der Waals surface area contributed by atoms with Gasteiger partial charge in [0.1, 0.15) is 4.21 Å². The Hall–Kier alpha value is -0.880. The lowest BCUT2D eigenvalue weighted by Crippen LogP contribution is -2.20. The highest BCUT2D eigenvalue weighted by molar-refractivity contribution is 7.93. The molecule has 1 aromatic rings. The number of thiophene rings is 1. The van der Waals surface area contributed by atoms with Gasteiger partial charge in [0.15, 0.2) is 9.84 Å². The second kappa shape index (κ2) is 4.10. The number of sulfone groups is 1. The van der Waals surface area contributed by atoms with Gasteiger partial charge in [-0.25, -0.2) is 8.42 Å². The first-order valence-corrected chi connectivity index (χ1v) is 6.46. The Morgan fingerprint density at radius 1 is 1.64 bits per heavy atom. The van der Waals surface area contributed by atoms with Crippen LogP contribution in [0.15, 0.2) is 21.7 Å². The molecule has 0 radical (unpaired) electrons. The molecule has 0 aliphatic heterocycles. The Morgan fingerprint density at radius 2 is 2.29 bits per heavy atom. The number of carboxylic acid groups (broad SMARTS) is 1. The van der Waals surface area contributed by atoms with Gasteiger partial charge in [0.2, 0.25) is 0 Å². The van der Waals surface area contributed by atoms with Crippen LogP contribution in [-0.2, 0) is 14.6 Å². The molecule has 14 heavy (non-hydrogen) atoms. The van der Waals surface area contributed by atoms with Gasteiger partial charge in [-0.2, -0.15) is 0 Å². The number of carboxylic acids is 1. The molecule has 0 spiro atoms. The van der Waals surface area contributed by atoms with Crippen molar-refractivity contribution < 1.29 is 18.3 Å². The molecule has 1 aromatic heterocycles. The van der Waals surface area contributed by atoms with E-state index in [0.29, 0.717) is 0 Å². The summed E-state index contributed by atoms with van der Waals surface area (Å²) in [5.74, 6) is -2.31. The van der Waals surface area contributed by atoms with Crippen molar-refractivity contribution in [3.05, 3.63) is 17.5 Å². The van der Waals surface area contributed by atoms with Gasteiger partial charge >= 0.3 is 5.97 Å². The third kappa shape index (κ3) is 2.55. The third-order valence-corrected chi connectivity index (χ3v) is 5.09. The van der Waals surface area contributed by atoms with Crippen LogP contribution in [-0.4, -0.2) is 25.2 Å². The third-order valence-electron chi connectivity index (χ3n) is 1.69. The molecule has 6 heteroatoms. The summed E-state index contributed by atoms with van der Waals surface area (Å²) >= 11 is 1.10. The highest BCUT2D eigenvalue weighted by Gasteiger charge is 2.23. The summed E-state index contributed by atoms with van der Waals surface area (Å²) in [4.78, 5) is 10.5. The first-order chi connectivity index (χ1) is 6.43. The van der Waals surface area contributed by atoms with Crippen LogP contribution in [0, 0.1) is 5.92 Å². The van der Waals surface area contributed by atoms with Crippen LogP contribution >= 0.6 is 11.3 Å². The van der Waals surface area contributed by atoms with Gasteiger partial charge in [-0.15, -0.1) is 11.3 Å². The van der Waals surface area contributed by atoms with Gasteiger partial charge < -0.3 is 5.11 Å². The molecule has 1 N–H and O–H groups in total. The normalized spacial score (nSPS) is 13.8. The number of hydrogen-bond acceptors (Lipinski definition) is 4. The molecule has 1 heterocycles. The molecule has 0 aliphatic carbocycles. The fraction of sp³-hybridized carbons (Fsp3) is 0.375. The average molecular weight is 234 g/mol. The maximum absolute atomic E-state index is 11.6. The van der Waals surface area contributed by atoms with Crippen molar-refractivity contribution in [3.8, 4) is 0 Å². The minimum Gasteiger partial charge on any atom is -0.481 e. The van der Waals surface area contributed by atoms with E-state index in [2.05, 4.69) is 0 Å². The monoisotopic (exact) mass is 234 g/mol. The van der Waals surface area contributed by atoms with E-state index in [1.165, 1.54) is 13.0 Å². The molecule has 78 valence electrons. The van der Waals surface area contributed by atoms with Crippen molar-refractivity contribution in [1.29, 1.82) is 0 Å². The van der Waals surface area contributed by atoms with E-state index < -0.39 is 21.7 Å². The van der Waals surface area contributed by atoms with Gasteiger partial charge in [-0.1, -0.05) is 13.0 Å². The molecule has 0 saturated heterocycles. The largest absolute Gasteiger partial charge is 0.481 e. The number of hydrogen-bond donors (Lipinski definition) is 1. The predicted molar refractivity (Wildman–Crippen MR) is 53.2 cm³/mol. The molecular formula is C8H10O4S2. The quantitative estimate of drug-likeness (QED) is 0.850. The smallest absolute Gasteiger partial charge is 0.307 e. The van der Waals surface area contributed by atoms with Crippen molar-refractivity contribution in [1.82, 2.24) is 0 Å². The summed E-state index contributed by atoms with van der Waals surface area (Å²) in [6.45, 7) is 1.38. The zero-order valence-electron chi connectivity index (χ0n) is 7.50. The van der Waals surface area contributed by atoms with E-state index in [1.807, 2.05) is 0 Å². The summed E-state index contributed by atoms with van der Waals surface area (Å²) in [7, 11) is -3.42. The van der Waals surface area contributed by atoms with Gasteiger partial charge in [-0.3, -0.25) is 4.79 Å². The lowest BCUT2D eigenvalue weighted by atomic mass is 10.2. The number of rotatable bonds is 4. The van der Waals surface area contributed by atoms with Crippen LogP contribution in [0.4, 0.5) is 0 Å². The zero-order chi connectivity index (χ0) is 10.8. The second-order valence-electron chi connectivity index (χ2n) is 2.95. The minimum absolute atomic E-state index is 0.227. The van der Waals surface area contributed by atoms with Crippen molar-refractivity contribution in [2.24, 2.45) is 5.92 Å². The summed E-state index contributed by atoms with van der Waals surface area (Å²) in [6, 6.07) is 3.11. The van der Waals surface area contributed by atoms with E-state index in [0.717, 1.165) is 11.3 Å². The molecule has 0 aromatic carbocycles. The molecule has 0 bridgehead atoms. The molecule has 0 aliphatic rings. The van der Waals surface area contributed by atoms with Crippen LogP contribution < -0.4 is 0 Å². The van der Waals surface area contributed by atoms with Crippen LogP contribution in [0.5, 0.6) is 0 Å². The molecule has 0 saturated carbocycles. The predicted octanol–water partition coefficient (Wildman–Crippen LogP) is 1.24. The molecule has 0 amide bonds. The Morgan fingerprint density at radius 3 is 2.71 bits per heavy atom. The van der Waals surface area contributed by atoms with E-state index in [-0.39, 0.29) is 9.96 Å². The first kappa shape index (κ1) is 11.2. The Labute approximate surface area is 86.1 Å². The highest BCUT2D eigenvalue weighted by atomic mass is 32.2. The Kier molecular flexibility index (Phi) is 3.28. The number of aliphatic carboxylic acids is 1. The summed E-state index contributed by atoms with van der Waals surface area (Å²) in [6.07, 6.45) is 0. The van der Waals surface area contributed by atoms with Gasteiger partial charge in [0.05, 0.1) is 11.7 Å². The highest BCUT2D eigenvalue weighted by Crippen LogP contribution is 2.19. The Bertz CT molecular complexity index is 405. The topological polar surface area (TPSA) is 71.4 Å². The molecule has 1 rings (SSSR count).